The van der Waals surface area contributed by atoms with E-state index < -0.39 is 10.0 Å². The average Bonchev–Trinajstić information content (AvgIpc) is 3.00. The van der Waals surface area contributed by atoms with Gasteiger partial charge in [0.05, 0.1) is 10.5 Å². The summed E-state index contributed by atoms with van der Waals surface area (Å²) in [6.45, 7) is 5.02. The Morgan fingerprint density at radius 1 is 1.33 bits per heavy atom. The minimum Gasteiger partial charge on any atom is -0.365 e. The minimum absolute atomic E-state index is 0.0701. The monoisotopic (exact) mass is 267 g/mol. The molecule has 0 bridgehead atoms. The van der Waals surface area contributed by atoms with Crippen LogP contribution < -0.4 is 0 Å². The molecule has 4 nitrogen and oxygen atoms in total. The third-order valence-electron chi connectivity index (χ3n) is 3.92. The molecule has 2 saturated heterocycles. The number of fused-ring (bicyclic) bond motifs is 1. The third kappa shape index (κ3) is 1.86. The van der Waals surface area contributed by atoms with Gasteiger partial charge < -0.3 is 4.74 Å². The van der Waals surface area contributed by atoms with Crippen LogP contribution in [-0.4, -0.2) is 37.5 Å². The highest BCUT2D eigenvalue weighted by molar-refractivity contribution is 7.89. The number of aryl methyl sites for hydroxylation is 1. The molecule has 0 aliphatic carbocycles. The standard InChI is InChI=1S/C13H17NO3S/c1-10-3-5-11(6-4-10)18(15,16)14-8-7-13(2)12(9-14)17-13/h3-6,12H,7-9H2,1-2H3/t12-,13+/m1/s1. The Balaban J connectivity index is 1.85. The lowest BCUT2D eigenvalue weighted by Crippen LogP contribution is -2.42. The van der Waals surface area contributed by atoms with E-state index in [1.165, 1.54) is 4.31 Å². The number of hydrogen-bond donors (Lipinski definition) is 0. The molecule has 0 N–H and O–H groups in total. The summed E-state index contributed by atoms with van der Waals surface area (Å²) in [5.41, 5.74) is 0.991. The minimum atomic E-state index is -3.36. The van der Waals surface area contributed by atoms with Gasteiger partial charge in [-0.25, -0.2) is 8.42 Å². The molecule has 18 heavy (non-hydrogen) atoms. The van der Waals surface area contributed by atoms with E-state index in [0.717, 1.165) is 12.0 Å². The van der Waals surface area contributed by atoms with Gasteiger partial charge in [0.2, 0.25) is 10.0 Å². The lowest BCUT2D eigenvalue weighted by Gasteiger charge is -2.26. The molecule has 2 aliphatic heterocycles. The van der Waals surface area contributed by atoms with Crippen molar-refractivity contribution in [1.82, 2.24) is 4.31 Å². The SMILES string of the molecule is Cc1ccc(S(=O)(=O)N2CC[C@]3(C)O[C@@H]3C2)cc1. The number of rotatable bonds is 2. The summed E-state index contributed by atoms with van der Waals surface area (Å²) < 4.78 is 32.0. The normalized spacial score (nSPS) is 32.0. The number of epoxide rings is 1. The molecule has 0 amide bonds. The smallest absolute Gasteiger partial charge is 0.243 e. The summed E-state index contributed by atoms with van der Waals surface area (Å²) in [7, 11) is -3.36. The van der Waals surface area contributed by atoms with Crippen LogP contribution in [0.4, 0.5) is 0 Å². The molecule has 2 atom stereocenters. The van der Waals surface area contributed by atoms with Crippen LogP contribution in [0.2, 0.25) is 0 Å². The second-order valence-corrected chi connectivity index (χ2v) is 7.28. The second-order valence-electron chi connectivity index (χ2n) is 5.35. The van der Waals surface area contributed by atoms with Gasteiger partial charge in [-0.05, 0) is 32.4 Å². The molecule has 0 unspecified atom stereocenters. The van der Waals surface area contributed by atoms with Crippen LogP contribution in [-0.2, 0) is 14.8 Å². The highest BCUT2D eigenvalue weighted by Crippen LogP contribution is 2.43. The van der Waals surface area contributed by atoms with Crippen LogP contribution in [0.3, 0.4) is 0 Å². The maximum atomic E-state index is 12.4. The Morgan fingerprint density at radius 2 is 2.00 bits per heavy atom. The fourth-order valence-electron chi connectivity index (χ4n) is 2.44. The number of nitrogens with zero attached hydrogens (tertiary/aromatic N) is 1. The van der Waals surface area contributed by atoms with Gasteiger partial charge in [0.1, 0.15) is 6.10 Å². The van der Waals surface area contributed by atoms with E-state index in [1.807, 2.05) is 26.0 Å². The fraction of sp³-hybridized carbons (Fsp3) is 0.538. The van der Waals surface area contributed by atoms with E-state index in [2.05, 4.69) is 0 Å². The topological polar surface area (TPSA) is 49.9 Å². The van der Waals surface area contributed by atoms with Crippen LogP contribution in [0.25, 0.3) is 0 Å². The van der Waals surface area contributed by atoms with Crippen LogP contribution in [0, 0.1) is 6.92 Å². The van der Waals surface area contributed by atoms with E-state index in [1.54, 1.807) is 12.1 Å². The maximum absolute atomic E-state index is 12.4. The van der Waals surface area contributed by atoms with Crippen molar-refractivity contribution in [1.29, 1.82) is 0 Å². The number of benzene rings is 1. The molecule has 2 fully saturated rings. The van der Waals surface area contributed by atoms with Crippen molar-refractivity contribution in [2.45, 2.75) is 36.9 Å². The zero-order chi connectivity index (χ0) is 13.0. The lowest BCUT2D eigenvalue weighted by molar-refractivity contribution is 0.304. The molecule has 0 aromatic heterocycles. The lowest BCUT2D eigenvalue weighted by atomic mass is 10.0. The highest BCUT2D eigenvalue weighted by Gasteiger charge is 2.56. The third-order valence-corrected chi connectivity index (χ3v) is 5.80. The molecule has 0 spiro atoms. The number of piperidine rings is 1. The highest BCUT2D eigenvalue weighted by atomic mass is 32.2. The van der Waals surface area contributed by atoms with Gasteiger partial charge in [0, 0.05) is 13.1 Å². The van der Waals surface area contributed by atoms with Gasteiger partial charge in [-0.2, -0.15) is 4.31 Å². The van der Waals surface area contributed by atoms with E-state index in [-0.39, 0.29) is 11.7 Å². The van der Waals surface area contributed by atoms with Crippen molar-refractivity contribution in [2.24, 2.45) is 0 Å². The van der Waals surface area contributed by atoms with E-state index in [0.29, 0.717) is 18.0 Å². The van der Waals surface area contributed by atoms with Crippen LogP contribution in [0.15, 0.2) is 29.2 Å². The molecular formula is C13H17NO3S. The first-order chi connectivity index (χ1) is 8.42. The summed E-state index contributed by atoms with van der Waals surface area (Å²) in [6.07, 6.45) is 0.856. The first-order valence-corrected chi connectivity index (χ1v) is 7.60. The van der Waals surface area contributed by atoms with Gasteiger partial charge in [-0.3, -0.25) is 0 Å². The van der Waals surface area contributed by atoms with E-state index in [4.69, 9.17) is 4.74 Å². The van der Waals surface area contributed by atoms with Crippen LogP contribution in [0.5, 0.6) is 0 Å². The Labute approximate surface area is 108 Å². The largest absolute Gasteiger partial charge is 0.365 e. The van der Waals surface area contributed by atoms with E-state index in [9.17, 15) is 8.42 Å². The molecule has 2 heterocycles. The van der Waals surface area contributed by atoms with Crippen molar-refractivity contribution in [3.63, 3.8) is 0 Å². The Kier molecular flexibility index (Phi) is 2.56. The summed E-state index contributed by atoms with van der Waals surface area (Å²) in [5, 5.41) is 0. The predicted molar refractivity (Wildman–Crippen MR) is 67.8 cm³/mol. The van der Waals surface area contributed by atoms with Gasteiger partial charge in [-0.1, -0.05) is 17.7 Å². The number of hydrogen-bond acceptors (Lipinski definition) is 3. The molecule has 1 aromatic rings. The molecule has 2 aliphatic rings. The van der Waals surface area contributed by atoms with Crippen molar-refractivity contribution in [3.8, 4) is 0 Å². The zero-order valence-corrected chi connectivity index (χ0v) is 11.4. The molecule has 5 heteroatoms. The van der Waals surface area contributed by atoms with Crippen molar-refractivity contribution in [2.75, 3.05) is 13.1 Å². The maximum Gasteiger partial charge on any atom is 0.243 e. The number of ether oxygens (including phenoxy) is 1. The van der Waals surface area contributed by atoms with Crippen molar-refractivity contribution >= 4 is 10.0 Å². The van der Waals surface area contributed by atoms with Gasteiger partial charge in [0.15, 0.2) is 0 Å². The van der Waals surface area contributed by atoms with Gasteiger partial charge in [0.25, 0.3) is 0 Å². The molecule has 1 aromatic carbocycles. The summed E-state index contributed by atoms with van der Waals surface area (Å²) in [4.78, 5) is 0.373. The quantitative estimate of drug-likeness (QED) is 0.764. The summed E-state index contributed by atoms with van der Waals surface area (Å²) >= 11 is 0. The van der Waals surface area contributed by atoms with Crippen molar-refractivity contribution < 1.29 is 13.2 Å². The average molecular weight is 267 g/mol. The molecule has 0 saturated carbocycles. The predicted octanol–water partition coefficient (Wildman–Crippen LogP) is 1.55. The second kappa shape index (κ2) is 3.79. The fourth-order valence-corrected chi connectivity index (χ4v) is 3.88. The van der Waals surface area contributed by atoms with Crippen LogP contribution >= 0.6 is 0 Å². The Morgan fingerprint density at radius 3 is 2.61 bits per heavy atom. The van der Waals surface area contributed by atoms with Crippen molar-refractivity contribution in [3.05, 3.63) is 29.8 Å². The van der Waals surface area contributed by atoms with E-state index >= 15 is 0 Å². The molecule has 3 rings (SSSR count). The first-order valence-electron chi connectivity index (χ1n) is 6.16. The Hall–Kier alpha value is -0.910. The Bertz CT molecular complexity index is 566. The zero-order valence-electron chi connectivity index (χ0n) is 10.6. The van der Waals surface area contributed by atoms with Gasteiger partial charge >= 0.3 is 0 Å². The van der Waals surface area contributed by atoms with Crippen LogP contribution in [0.1, 0.15) is 18.9 Å². The molecular weight excluding hydrogens is 250 g/mol. The first kappa shape index (κ1) is 12.1. The summed E-state index contributed by atoms with van der Waals surface area (Å²) in [5.74, 6) is 0. The molecule has 98 valence electrons. The summed E-state index contributed by atoms with van der Waals surface area (Å²) in [6, 6.07) is 7.00. The van der Waals surface area contributed by atoms with Gasteiger partial charge in [-0.15, -0.1) is 0 Å². The number of sulfonamides is 1. The molecule has 0 radical (unpaired) electrons.